The molecule has 0 aliphatic rings. The van der Waals surface area contributed by atoms with Crippen LogP contribution in [0.5, 0.6) is 5.75 Å². The van der Waals surface area contributed by atoms with Crippen LogP contribution in [0.4, 0.5) is 5.13 Å². The van der Waals surface area contributed by atoms with Crippen LogP contribution in [0.15, 0.2) is 52.9 Å². The normalized spacial score (nSPS) is 10.7. The van der Waals surface area contributed by atoms with E-state index in [1.165, 1.54) is 28.7 Å². The average Bonchev–Trinajstić information content (AvgIpc) is 3.25. The van der Waals surface area contributed by atoms with Gasteiger partial charge < -0.3 is 15.0 Å². The maximum Gasteiger partial charge on any atom is 0.233 e. The predicted octanol–water partition coefficient (Wildman–Crippen LogP) is 5.00. The molecule has 1 heterocycles. The molecule has 0 fully saturated rings. The monoisotopic (exact) mass is 456 g/mol. The minimum Gasteiger partial charge on any atom is -0.497 e. The highest BCUT2D eigenvalue weighted by Crippen LogP contribution is 2.26. The summed E-state index contributed by atoms with van der Waals surface area (Å²) in [7, 11) is 1.66. The summed E-state index contributed by atoms with van der Waals surface area (Å²) < 4.78 is 5.97. The molecule has 6 nitrogen and oxygen atoms in total. The Morgan fingerprint density at radius 3 is 2.48 bits per heavy atom. The molecule has 0 bridgehead atoms. The summed E-state index contributed by atoms with van der Waals surface area (Å²) in [6.07, 6.45) is 0.931. The number of methoxy groups -OCH3 is 1. The Labute approximate surface area is 192 Å². The smallest absolute Gasteiger partial charge is 0.233 e. The number of anilines is 1. The fraction of sp³-hybridized carbons (Fsp3) is 0.348. The van der Waals surface area contributed by atoms with E-state index in [9.17, 15) is 4.79 Å². The Morgan fingerprint density at radius 1 is 1.10 bits per heavy atom. The van der Waals surface area contributed by atoms with Gasteiger partial charge in [0.1, 0.15) is 5.75 Å². The number of hydrogen-bond acceptors (Lipinski definition) is 7. The summed E-state index contributed by atoms with van der Waals surface area (Å²) in [6, 6.07) is 16.2. The van der Waals surface area contributed by atoms with E-state index in [1.807, 2.05) is 29.2 Å². The van der Waals surface area contributed by atoms with Crippen LogP contribution < -0.4 is 10.1 Å². The molecule has 0 spiro atoms. The van der Waals surface area contributed by atoms with Crippen molar-refractivity contribution in [3.63, 3.8) is 0 Å². The van der Waals surface area contributed by atoms with Crippen molar-refractivity contribution in [1.29, 1.82) is 0 Å². The third-order valence-corrected chi connectivity index (χ3v) is 6.67. The second-order valence-electron chi connectivity index (χ2n) is 7.16. The van der Waals surface area contributed by atoms with Crippen molar-refractivity contribution in [1.82, 2.24) is 15.1 Å². The summed E-state index contributed by atoms with van der Waals surface area (Å²) in [5.41, 5.74) is 3.50. The van der Waals surface area contributed by atoms with Gasteiger partial charge in [-0.1, -0.05) is 72.0 Å². The minimum absolute atomic E-state index is 0.121. The molecule has 31 heavy (non-hydrogen) atoms. The number of carbonyl (C=O) groups excluding carboxylic acids is 1. The zero-order valence-corrected chi connectivity index (χ0v) is 19.8. The lowest BCUT2D eigenvalue weighted by atomic mass is 10.1. The van der Waals surface area contributed by atoms with Crippen molar-refractivity contribution in [2.75, 3.05) is 24.7 Å². The number of rotatable bonds is 11. The zero-order valence-electron chi connectivity index (χ0n) is 18.1. The molecule has 1 N–H and O–H groups in total. The molecule has 0 atom stereocenters. The highest BCUT2D eigenvalue weighted by atomic mass is 32.2. The lowest BCUT2D eigenvalue weighted by Crippen LogP contribution is -2.32. The van der Waals surface area contributed by atoms with Gasteiger partial charge in [-0.3, -0.25) is 4.79 Å². The molecule has 1 aromatic heterocycles. The average molecular weight is 457 g/mol. The van der Waals surface area contributed by atoms with Crippen molar-refractivity contribution in [3.05, 3.63) is 65.2 Å². The van der Waals surface area contributed by atoms with Gasteiger partial charge in [0.15, 0.2) is 4.34 Å². The molecule has 0 unspecified atom stereocenters. The highest BCUT2D eigenvalue weighted by Gasteiger charge is 2.15. The molecular formula is C23H28N4O2S2. The minimum atomic E-state index is 0.121. The molecule has 164 valence electrons. The Hall–Kier alpha value is -2.58. The van der Waals surface area contributed by atoms with Gasteiger partial charge in [0.05, 0.1) is 12.9 Å². The summed E-state index contributed by atoms with van der Waals surface area (Å²) >= 11 is 2.91. The van der Waals surface area contributed by atoms with Gasteiger partial charge >= 0.3 is 0 Å². The maximum absolute atomic E-state index is 12.8. The van der Waals surface area contributed by atoms with Crippen molar-refractivity contribution in [3.8, 4) is 5.75 Å². The molecule has 0 radical (unpaired) electrons. The van der Waals surface area contributed by atoms with Gasteiger partial charge in [-0.25, -0.2) is 0 Å². The quantitative estimate of drug-likeness (QED) is 0.410. The van der Waals surface area contributed by atoms with Crippen LogP contribution in [0.3, 0.4) is 0 Å². The standard InChI is InChI=1S/C23H28N4O2S2/c1-4-13-27(15-19-7-5-17(2)6-8-19)21(28)16-30-23-26-25-22(31-23)24-14-18-9-11-20(29-3)12-10-18/h5-12H,4,13-16H2,1-3H3,(H,24,25). The van der Waals surface area contributed by atoms with E-state index in [1.54, 1.807) is 7.11 Å². The largest absolute Gasteiger partial charge is 0.497 e. The first-order valence-electron chi connectivity index (χ1n) is 10.2. The van der Waals surface area contributed by atoms with Gasteiger partial charge in [-0.15, -0.1) is 10.2 Å². The van der Waals surface area contributed by atoms with Crippen LogP contribution >= 0.6 is 23.1 Å². The fourth-order valence-corrected chi connectivity index (χ4v) is 4.60. The highest BCUT2D eigenvalue weighted by molar-refractivity contribution is 8.01. The number of nitrogens with zero attached hydrogens (tertiary/aromatic N) is 3. The van der Waals surface area contributed by atoms with E-state index in [0.29, 0.717) is 18.8 Å². The zero-order chi connectivity index (χ0) is 22.1. The lowest BCUT2D eigenvalue weighted by molar-refractivity contribution is -0.129. The number of carbonyl (C=O) groups is 1. The van der Waals surface area contributed by atoms with Gasteiger partial charge in [-0.2, -0.15) is 0 Å². The number of benzene rings is 2. The third kappa shape index (κ3) is 7.25. The number of aromatic nitrogens is 2. The summed E-state index contributed by atoms with van der Waals surface area (Å²) in [5.74, 6) is 1.32. The number of thioether (sulfide) groups is 1. The van der Waals surface area contributed by atoms with E-state index in [4.69, 9.17) is 4.74 Å². The van der Waals surface area contributed by atoms with Crippen LogP contribution in [-0.4, -0.2) is 40.4 Å². The summed E-state index contributed by atoms with van der Waals surface area (Å²) in [6.45, 7) is 6.20. The Morgan fingerprint density at radius 2 is 1.81 bits per heavy atom. The first-order chi connectivity index (χ1) is 15.1. The van der Waals surface area contributed by atoms with Gasteiger partial charge in [0.25, 0.3) is 0 Å². The molecule has 0 aliphatic carbocycles. The SMILES string of the molecule is CCCN(Cc1ccc(C)cc1)C(=O)CSc1nnc(NCc2ccc(OC)cc2)s1. The fourth-order valence-electron chi connectivity index (χ4n) is 2.95. The first kappa shape index (κ1) is 23.1. The number of ether oxygens (including phenoxy) is 1. The van der Waals surface area contributed by atoms with Crippen molar-refractivity contribution >= 4 is 34.1 Å². The van der Waals surface area contributed by atoms with Gasteiger partial charge in [-0.05, 0) is 36.6 Å². The number of amides is 1. The second kappa shape index (κ2) is 11.7. The van der Waals surface area contributed by atoms with Crippen LogP contribution in [-0.2, 0) is 17.9 Å². The van der Waals surface area contributed by atoms with E-state index in [2.05, 4.69) is 53.6 Å². The lowest BCUT2D eigenvalue weighted by Gasteiger charge is -2.22. The topological polar surface area (TPSA) is 67.4 Å². The van der Waals surface area contributed by atoms with E-state index < -0.39 is 0 Å². The van der Waals surface area contributed by atoms with Crippen molar-refractivity contribution in [2.45, 2.75) is 37.7 Å². The van der Waals surface area contributed by atoms with E-state index in [-0.39, 0.29) is 5.91 Å². The van der Waals surface area contributed by atoms with Gasteiger partial charge in [0, 0.05) is 19.6 Å². The van der Waals surface area contributed by atoms with E-state index >= 15 is 0 Å². The van der Waals surface area contributed by atoms with Crippen molar-refractivity contribution < 1.29 is 9.53 Å². The molecule has 2 aromatic carbocycles. The van der Waals surface area contributed by atoms with Crippen LogP contribution in [0, 0.1) is 6.92 Å². The van der Waals surface area contributed by atoms with Gasteiger partial charge in [0.2, 0.25) is 11.0 Å². The summed E-state index contributed by atoms with van der Waals surface area (Å²) in [5, 5.41) is 12.4. The summed E-state index contributed by atoms with van der Waals surface area (Å²) in [4.78, 5) is 14.7. The molecular weight excluding hydrogens is 428 g/mol. The Bertz CT molecular complexity index is 958. The molecule has 0 saturated carbocycles. The first-order valence-corrected chi connectivity index (χ1v) is 12.0. The maximum atomic E-state index is 12.8. The molecule has 0 aliphatic heterocycles. The number of hydrogen-bond donors (Lipinski definition) is 1. The van der Waals surface area contributed by atoms with Crippen molar-refractivity contribution in [2.24, 2.45) is 0 Å². The molecule has 3 aromatic rings. The Kier molecular flexibility index (Phi) is 8.73. The second-order valence-corrected chi connectivity index (χ2v) is 9.36. The molecule has 3 rings (SSSR count). The molecule has 8 heteroatoms. The third-order valence-electron chi connectivity index (χ3n) is 4.67. The Balaban J connectivity index is 1.49. The molecule has 0 saturated heterocycles. The predicted molar refractivity (Wildman–Crippen MR) is 128 cm³/mol. The van der Waals surface area contributed by atoms with E-state index in [0.717, 1.165) is 39.3 Å². The number of nitrogens with one attached hydrogen (secondary N) is 1. The molecule has 1 amide bonds. The van der Waals surface area contributed by atoms with Crippen LogP contribution in [0.2, 0.25) is 0 Å². The van der Waals surface area contributed by atoms with Crippen LogP contribution in [0.1, 0.15) is 30.0 Å². The van der Waals surface area contributed by atoms with Crippen LogP contribution in [0.25, 0.3) is 0 Å². The number of aryl methyl sites for hydroxylation is 1.